The van der Waals surface area contributed by atoms with Crippen LogP contribution >= 0.6 is 0 Å². The van der Waals surface area contributed by atoms with Gasteiger partial charge in [-0.15, -0.1) is 0 Å². The zero-order valence-corrected chi connectivity index (χ0v) is 16.0. The molecule has 0 amide bonds. The van der Waals surface area contributed by atoms with Crippen LogP contribution < -0.4 is 4.90 Å². The van der Waals surface area contributed by atoms with Crippen LogP contribution in [0.5, 0.6) is 0 Å². The van der Waals surface area contributed by atoms with Gasteiger partial charge in [-0.25, -0.2) is 0 Å². The number of aryl methyl sites for hydroxylation is 1. The molecule has 1 aliphatic heterocycles. The number of piperazine rings is 1. The van der Waals surface area contributed by atoms with E-state index >= 15 is 0 Å². The molecule has 28 heavy (non-hydrogen) atoms. The van der Waals surface area contributed by atoms with E-state index in [-0.39, 0.29) is 10.6 Å². The maximum Gasteiger partial charge on any atom is 0.269 e. The van der Waals surface area contributed by atoms with Crippen LogP contribution in [0.3, 0.4) is 0 Å². The highest BCUT2D eigenvalue weighted by molar-refractivity contribution is 5.98. The maximum atomic E-state index is 12.0. The number of aromatic nitrogens is 1. The van der Waals surface area contributed by atoms with Crippen LogP contribution in [0.2, 0.25) is 0 Å². The Morgan fingerprint density at radius 1 is 0.964 bits per heavy atom. The normalized spacial score (nSPS) is 17.6. The molecular weight excluding hydrogens is 356 g/mol. The van der Waals surface area contributed by atoms with Crippen LogP contribution in [0.4, 0.5) is 11.4 Å². The third-order valence-corrected chi connectivity index (χ3v) is 5.87. The van der Waals surface area contributed by atoms with Gasteiger partial charge in [0.2, 0.25) is 0 Å². The zero-order chi connectivity index (χ0) is 19.5. The Kier molecular flexibility index (Phi) is 5.43. The first-order valence-electron chi connectivity index (χ1n) is 10.0. The molecule has 0 atom stereocenters. The molecule has 2 aliphatic rings. The Labute approximate surface area is 164 Å². The third kappa shape index (κ3) is 3.94. The number of ketones is 1. The van der Waals surface area contributed by atoms with E-state index in [1.54, 1.807) is 12.1 Å². The fraction of sp³-hybridized carbons (Fsp3) is 0.476. The molecular formula is C21H26N4O3. The SMILES string of the molecule is O=C1CCCc2c1ccn2CCCN1CCN(c2ccc([N+](=O)[O-])cc2)CC1. The van der Waals surface area contributed by atoms with E-state index in [1.807, 2.05) is 18.2 Å². The first-order valence-corrected chi connectivity index (χ1v) is 10.0. The summed E-state index contributed by atoms with van der Waals surface area (Å²) in [5, 5.41) is 10.8. The van der Waals surface area contributed by atoms with Crippen molar-refractivity contribution in [3.63, 3.8) is 0 Å². The second-order valence-electron chi connectivity index (χ2n) is 7.60. The second kappa shape index (κ2) is 8.14. The third-order valence-electron chi connectivity index (χ3n) is 5.87. The molecule has 0 saturated carbocycles. The number of fused-ring (bicyclic) bond motifs is 1. The minimum absolute atomic E-state index is 0.135. The van der Waals surface area contributed by atoms with Crippen LogP contribution in [0.1, 0.15) is 35.3 Å². The number of Topliss-reactive ketones (excluding diaryl/α,β-unsaturated/α-hetero) is 1. The fourth-order valence-corrected chi connectivity index (χ4v) is 4.28. The molecule has 0 spiro atoms. The molecule has 4 rings (SSSR count). The second-order valence-corrected chi connectivity index (χ2v) is 7.60. The largest absolute Gasteiger partial charge is 0.369 e. The summed E-state index contributed by atoms with van der Waals surface area (Å²) in [7, 11) is 0. The number of non-ortho nitro benzene ring substituents is 1. The average molecular weight is 382 g/mol. The van der Waals surface area contributed by atoms with E-state index in [2.05, 4.69) is 20.6 Å². The Bertz CT molecular complexity index is 851. The highest BCUT2D eigenvalue weighted by Gasteiger charge is 2.21. The predicted molar refractivity (Wildman–Crippen MR) is 108 cm³/mol. The highest BCUT2D eigenvalue weighted by atomic mass is 16.6. The Morgan fingerprint density at radius 3 is 2.43 bits per heavy atom. The van der Waals surface area contributed by atoms with Gasteiger partial charge in [-0.1, -0.05) is 0 Å². The number of anilines is 1. The number of carbonyl (C=O) groups excluding carboxylic acids is 1. The van der Waals surface area contributed by atoms with Crippen molar-refractivity contribution in [1.29, 1.82) is 0 Å². The summed E-state index contributed by atoms with van der Waals surface area (Å²) in [6.07, 6.45) is 5.83. The van der Waals surface area contributed by atoms with Crippen LogP contribution in [0.25, 0.3) is 0 Å². The Morgan fingerprint density at radius 2 is 1.71 bits per heavy atom. The monoisotopic (exact) mass is 382 g/mol. The minimum Gasteiger partial charge on any atom is -0.369 e. The van der Waals surface area contributed by atoms with E-state index < -0.39 is 0 Å². The van der Waals surface area contributed by atoms with Gasteiger partial charge in [0.15, 0.2) is 5.78 Å². The molecule has 1 aromatic carbocycles. The van der Waals surface area contributed by atoms with Gasteiger partial charge in [-0.05, 0) is 44.0 Å². The summed E-state index contributed by atoms with van der Waals surface area (Å²) in [5.41, 5.74) is 3.34. The summed E-state index contributed by atoms with van der Waals surface area (Å²) >= 11 is 0. The van der Waals surface area contributed by atoms with Crippen molar-refractivity contribution in [1.82, 2.24) is 9.47 Å². The lowest BCUT2D eigenvalue weighted by Crippen LogP contribution is -2.46. The van der Waals surface area contributed by atoms with Crippen molar-refractivity contribution >= 4 is 17.2 Å². The van der Waals surface area contributed by atoms with Crippen LogP contribution in [0, 0.1) is 10.1 Å². The van der Waals surface area contributed by atoms with Gasteiger partial charge >= 0.3 is 0 Å². The summed E-state index contributed by atoms with van der Waals surface area (Å²) < 4.78 is 2.26. The van der Waals surface area contributed by atoms with Crippen molar-refractivity contribution in [3.8, 4) is 0 Å². The van der Waals surface area contributed by atoms with Crippen molar-refractivity contribution < 1.29 is 9.72 Å². The fourth-order valence-electron chi connectivity index (χ4n) is 4.28. The summed E-state index contributed by atoms with van der Waals surface area (Å²) in [6, 6.07) is 8.81. The Balaban J connectivity index is 1.24. The standard InChI is InChI=1S/C21H26N4O3/c26-21-4-1-3-20-19(21)9-12-24(20)11-2-10-22-13-15-23(16-14-22)17-5-7-18(8-6-17)25(27)28/h5-9,12H,1-4,10-11,13-16H2. The van der Waals surface area contributed by atoms with Gasteiger partial charge in [0.05, 0.1) is 4.92 Å². The van der Waals surface area contributed by atoms with Gasteiger partial charge in [0.25, 0.3) is 5.69 Å². The van der Waals surface area contributed by atoms with Gasteiger partial charge in [0.1, 0.15) is 0 Å². The van der Waals surface area contributed by atoms with Crippen molar-refractivity contribution in [2.45, 2.75) is 32.2 Å². The number of hydrogen-bond acceptors (Lipinski definition) is 5. The lowest BCUT2D eigenvalue weighted by molar-refractivity contribution is -0.384. The first kappa shape index (κ1) is 18.7. The minimum atomic E-state index is -0.362. The molecule has 2 aromatic rings. The summed E-state index contributed by atoms with van der Waals surface area (Å²) in [6.45, 7) is 5.88. The topological polar surface area (TPSA) is 71.6 Å². The quantitative estimate of drug-likeness (QED) is 0.567. The molecule has 1 saturated heterocycles. The van der Waals surface area contributed by atoms with Crippen molar-refractivity contribution in [2.24, 2.45) is 0 Å². The predicted octanol–water partition coefficient (Wildman–Crippen LogP) is 3.13. The average Bonchev–Trinajstić information content (AvgIpc) is 3.13. The number of benzene rings is 1. The maximum absolute atomic E-state index is 12.0. The smallest absolute Gasteiger partial charge is 0.269 e. The number of hydrogen-bond donors (Lipinski definition) is 0. The number of carbonyl (C=O) groups is 1. The molecule has 0 N–H and O–H groups in total. The van der Waals surface area contributed by atoms with E-state index in [4.69, 9.17) is 0 Å². The first-order chi connectivity index (χ1) is 13.6. The lowest BCUT2D eigenvalue weighted by Gasteiger charge is -2.36. The van der Waals surface area contributed by atoms with Crippen LogP contribution in [-0.4, -0.2) is 52.9 Å². The summed E-state index contributed by atoms with van der Waals surface area (Å²) in [4.78, 5) is 27.1. The number of nitro benzene ring substituents is 1. The molecule has 0 unspecified atom stereocenters. The number of rotatable bonds is 6. The molecule has 7 nitrogen and oxygen atoms in total. The van der Waals surface area contributed by atoms with Gasteiger partial charge < -0.3 is 9.47 Å². The van der Waals surface area contributed by atoms with Gasteiger partial charge in [-0.2, -0.15) is 0 Å². The van der Waals surface area contributed by atoms with Gasteiger partial charge in [-0.3, -0.25) is 19.8 Å². The zero-order valence-electron chi connectivity index (χ0n) is 16.0. The van der Waals surface area contributed by atoms with Crippen molar-refractivity contribution in [2.75, 3.05) is 37.6 Å². The molecule has 2 heterocycles. The highest BCUT2D eigenvalue weighted by Crippen LogP contribution is 2.23. The van der Waals surface area contributed by atoms with Crippen molar-refractivity contribution in [3.05, 3.63) is 57.9 Å². The Hall–Kier alpha value is -2.67. The van der Waals surface area contributed by atoms with E-state index in [0.717, 1.165) is 69.8 Å². The van der Waals surface area contributed by atoms with Gasteiger partial charge in [0, 0.05) is 74.4 Å². The summed E-state index contributed by atoms with van der Waals surface area (Å²) in [5.74, 6) is 0.294. The molecule has 1 aromatic heterocycles. The molecule has 148 valence electrons. The molecule has 7 heteroatoms. The molecule has 1 fully saturated rings. The van der Waals surface area contributed by atoms with E-state index in [1.165, 1.54) is 5.69 Å². The van der Waals surface area contributed by atoms with Crippen LogP contribution in [0.15, 0.2) is 36.5 Å². The number of nitro groups is 1. The molecule has 0 bridgehead atoms. The van der Waals surface area contributed by atoms with E-state index in [9.17, 15) is 14.9 Å². The lowest BCUT2D eigenvalue weighted by atomic mass is 9.97. The number of nitrogens with zero attached hydrogens (tertiary/aromatic N) is 4. The molecule has 1 aliphatic carbocycles. The molecule has 0 radical (unpaired) electrons. The van der Waals surface area contributed by atoms with E-state index in [0.29, 0.717) is 12.2 Å². The van der Waals surface area contributed by atoms with Crippen LogP contribution in [-0.2, 0) is 13.0 Å².